The topological polar surface area (TPSA) is 69.6 Å². The lowest BCUT2D eigenvalue weighted by Crippen LogP contribution is -2.02. The van der Waals surface area contributed by atoms with Crippen LogP contribution in [0.4, 0.5) is 0 Å². The Morgan fingerprint density at radius 3 is 2.76 bits per heavy atom. The number of benzene rings is 2. The highest BCUT2D eigenvalue weighted by atomic mass is 32.2. The Morgan fingerprint density at radius 2 is 1.96 bits per heavy atom. The second-order valence-corrected chi connectivity index (χ2v) is 6.80. The summed E-state index contributed by atoms with van der Waals surface area (Å²) < 4.78 is 7.39. The number of rotatable bonds is 4. The van der Waals surface area contributed by atoms with E-state index in [4.69, 9.17) is 4.52 Å². The van der Waals surface area contributed by atoms with Gasteiger partial charge in [-0.05, 0) is 50.4 Å². The minimum atomic E-state index is 0.260. The highest BCUT2D eigenvalue weighted by molar-refractivity contribution is 7.98. The van der Waals surface area contributed by atoms with Gasteiger partial charge in [0.15, 0.2) is 0 Å². The van der Waals surface area contributed by atoms with Gasteiger partial charge in [0.2, 0.25) is 5.82 Å². The molecule has 2 heterocycles. The largest absolute Gasteiger partial charge is 0.334 e. The lowest BCUT2D eigenvalue weighted by atomic mass is 10.2. The van der Waals surface area contributed by atoms with Crippen LogP contribution in [0.2, 0.25) is 0 Å². The summed E-state index contributed by atoms with van der Waals surface area (Å²) in [6.45, 7) is 4.16. The molecule has 0 saturated carbocycles. The van der Waals surface area contributed by atoms with Crippen molar-refractivity contribution in [3.05, 3.63) is 42.5 Å². The zero-order valence-corrected chi connectivity index (χ0v) is 15.0. The van der Waals surface area contributed by atoms with Gasteiger partial charge >= 0.3 is 0 Å². The van der Waals surface area contributed by atoms with Crippen molar-refractivity contribution in [1.82, 2.24) is 25.1 Å². The molecule has 0 fully saturated rings. The molecule has 0 unspecified atom stereocenters. The maximum Gasteiger partial charge on any atom is 0.259 e. The van der Waals surface area contributed by atoms with Gasteiger partial charge in [0.25, 0.3) is 5.89 Å². The molecule has 0 saturated heterocycles. The second kappa shape index (κ2) is 6.33. The van der Waals surface area contributed by atoms with Crippen molar-refractivity contribution in [2.45, 2.75) is 24.8 Å². The van der Waals surface area contributed by atoms with Gasteiger partial charge in [0.1, 0.15) is 5.52 Å². The third-order valence-corrected chi connectivity index (χ3v) is 4.78. The van der Waals surface area contributed by atoms with Crippen LogP contribution in [-0.4, -0.2) is 31.4 Å². The van der Waals surface area contributed by atoms with E-state index in [1.165, 1.54) is 0 Å². The van der Waals surface area contributed by atoms with E-state index < -0.39 is 0 Å². The number of nitrogens with zero attached hydrogens (tertiary/aromatic N) is 5. The lowest BCUT2D eigenvalue weighted by Gasteiger charge is -2.04. The monoisotopic (exact) mass is 351 g/mol. The van der Waals surface area contributed by atoms with E-state index in [9.17, 15) is 0 Å². The number of fused-ring (bicyclic) bond motifs is 1. The molecule has 2 aromatic carbocycles. The molecule has 0 aliphatic heterocycles. The molecule has 0 aliphatic rings. The molecule has 0 bridgehead atoms. The van der Waals surface area contributed by atoms with Crippen molar-refractivity contribution in [3.63, 3.8) is 0 Å². The van der Waals surface area contributed by atoms with Crippen molar-refractivity contribution in [2.24, 2.45) is 0 Å². The molecular formula is C18H17N5OS. The number of thioether (sulfide) groups is 1. The SMILES string of the molecule is CSc1ccccc1-c1nc(-c2ccc3c(c2)nnn3C(C)C)no1. The molecule has 0 aliphatic carbocycles. The quantitative estimate of drug-likeness (QED) is 0.506. The van der Waals surface area contributed by atoms with Gasteiger partial charge in [-0.3, -0.25) is 0 Å². The fraction of sp³-hybridized carbons (Fsp3) is 0.222. The predicted molar refractivity (Wildman–Crippen MR) is 98.4 cm³/mol. The molecule has 7 heteroatoms. The molecule has 0 amide bonds. The normalized spacial score (nSPS) is 11.5. The summed E-state index contributed by atoms with van der Waals surface area (Å²) in [6, 6.07) is 14.2. The molecule has 4 aromatic rings. The summed E-state index contributed by atoms with van der Waals surface area (Å²) in [5, 5.41) is 12.6. The zero-order chi connectivity index (χ0) is 17.4. The summed E-state index contributed by atoms with van der Waals surface area (Å²) in [6.07, 6.45) is 2.03. The van der Waals surface area contributed by atoms with Gasteiger partial charge in [0.05, 0.1) is 11.1 Å². The third kappa shape index (κ3) is 2.80. The summed E-state index contributed by atoms with van der Waals surface area (Å²) in [5.41, 5.74) is 3.62. The number of hydrogen-bond donors (Lipinski definition) is 0. The van der Waals surface area contributed by atoms with Gasteiger partial charge in [0, 0.05) is 16.5 Å². The van der Waals surface area contributed by atoms with E-state index in [0.717, 1.165) is 27.1 Å². The summed E-state index contributed by atoms with van der Waals surface area (Å²) >= 11 is 1.65. The Hall–Kier alpha value is -2.67. The van der Waals surface area contributed by atoms with Crippen LogP contribution >= 0.6 is 11.8 Å². The first-order chi connectivity index (χ1) is 12.2. The molecule has 126 valence electrons. The maximum absolute atomic E-state index is 5.49. The average Bonchev–Trinajstić information content (AvgIpc) is 3.28. The molecule has 2 aromatic heterocycles. The molecule has 6 nitrogen and oxygen atoms in total. The number of aromatic nitrogens is 5. The average molecular weight is 351 g/mol. The molecule has 4 rings (SSSR count). The van der Waals surface area contributed by atoms with Gasteiger partial charge in [-0.1, -0.05) is 22.5 Å². The van der Waals surface area contributed by atoms with E-state index in [0.29, 0.717) is 11.7 Å². The smallest absolute Gasteiger partial charge is 0.259 e. The van der Waals surface area contributed by atoms with Crippen LogP contribution in [0.3, 0.4) is 0 Å². The van der Waals surface area contributed by atoms with E-state index in [1.807, 2.05) is 53.4 Å². The Labute approximate surface area is 149 Å². The van der Waals surface area contributed by atoms with Crippen LogP contribution in [0.15, 0.2) is 51.9 Å². The summed E-state index contributed by atoms with van der Waals surface area (Å²) in [7, 11) is 0. The third-order valence-electron chi connectivity index (χ3n) is 3.98. The van der Waals surface area contributed by atoms with E-state index >= 15 is 0 Å². The molecular weight excluding hydrogens is 334 g/mol. The minimum absolute atomic E-state index is 0.260. The minimum Gasteiger partial charge on any atom is -0.334 e. The maximum atomic E-state index is 5.49. The fourth-order valence-electron chi connectivity index (χ4n) is 2.73. The molecule has 0 spiro atoms. The molecule has 0 radical (unpaired) electrons. The standard InChI is InChI=1S/C18H17N5OS/c1-11(2)23-15-9-8-12(10-14(15)20-22-23)17-19-18(24-21-17)13-6-4-5-7-16(13)25-3/h4-11H,1-3H3. The Bertz CT molecular complexity index is 1040. The van der Waals surface area contributed by atoms with Gasteiger partial charge in [-0.15, -0.1) is 16.9 Å². The Balaban J connectivity index is 1.74. The van der Waals surface area contributed by atoms with Crippen LogP contribution in [0.25, 0.3) is 33.9 Å². The first kappa shape index (κ1) is 15.8. The van der Waals surface area contributed by atoms with Crippen LogP contribution in [0.1, 0.15) is 19.9 Å². The van der Waals surface area contributed by atoms with Crippen molar-refractivity contribution in [2.75, 3.05) is 6.26 Å². The molecule has 25 heavy (non-hydrogen) atoms. The van der Waals surface area contributed by atoms with Crippen molar-refractivity contribution >= 4 is 22.8 Å². The number of hydrogen-bond acceptors (Lipinski definition) is 6. The van der Waals surface area contributed by atoms with Crippen molar-refractivity contribution < 1.29 is 4.52 Å². The first-order valence-electron chi connectivity index (χ1n) is 8.00. The summed E-state index contributed by atoms with van der Waals surface area (Å²) in [5.74, 6) is 1.07. The van der Waals surface area contributed by atoms with E-state index in [2.05, 4.69) is 34.3 Å². The fourth-order valence-corrected chi connectivity index (χ4v) is 3.32. The van der Waals surface area contributed by atoms with Gasteiger partial charge in [-0.25, -0.2) is 4.68 Å². The van der Waals surface area contributed by atoms with Gasteiger partial charge < -0.3 is 4.52 Å². The van der Waals surface area contributed by atoms with E-state index in [1.54, 1.807) is 11.8 Å². The second-order valence-electron chi connectivity index (χ2n) is 5.95. The predicted octanol–water partition coefficient (Wildman–Crippen LogP) is 4.45. The summed E-state index contributed by atoms with van der Waals surface area (Å²) in [4.78, 5) is 5.67. The van der Waals surface area contributed by atoms with E-state index in [-0.39, 0.29) is 6.04 Å². The molecule has 0 N–H and O–H groups in total. The van der Waals surface area contributed by atoms with Crippen LogP contribution < -0.4 is 0 Å². The van der Waals surface area contributed by atoms with Crippen LogP contribution in [0, 0.1) is 0 Å². The highest BCUT2D eigenvalue weighted by Gasteiger charge is 2.15. The lowest BCUT2D eigenvalue weighted by molar-refractivity contribution is 0.431. The van der Waals surface area contributed by atoms with Crippen LogP contribution in [-0.2, 0) is 0 Å². The van der Waals surface area contributed by atoms with Gasteiger partial charge in [-0.2, -0.15) is 4.98 Å². The van der Waals surface area contributed by atoms with Crippen LogP contribution in [0.5, 0.6) is 0 Å². The Morgan fingerprint density at radius 1 is 1.12 bits per heavy atom. The Kier molecular flexibility index (Phi) is 4.01. The van der Waals surface area contributed by atoms with Crippen molar-refractivity contribution in [1.29, 1.82) is 0 Å². The highest BCUT2D eigenvalue weighted by Crippen LogP contribution is 2.30. The zero-order valence-electron chi connectivity index (χ0n) is 14.2. The first-order valence-corrected chi connectivity index (χ1v) is 9.22. The molecule has 0 atom stereocenters. The van der Waals surface area contributed by atoms with Crippen molar-refractivity contribution in [3.8, 4) is 22.8 Å².